The summed E-state index contributed by atoms with van der Waals surface area (Å²) in [6.07, 6.45) is 0.375. The molecule has 1 aromatic rings. The first kappa shape index (κ1) is 15.5. The third-order valence-electron chi connectivity index (χ3n) is 2.10. The predicted molar refractivity (Wildman–Crippen MR) is 75.9 cm³/mol. The maximum Gasteiger partial charge on any atom is 0.296 e. The zero-order valence-corrected chi connectivity index (χ0v) is 12.0. The van der Waals surface area contributed by atoms with Crippen LogP contribution in [0.5, 0.6) is 0 Å². The van der Waals surface area contributed by atoms with Gasteiger partial charge in [-0.2, -0.15) is 8.42 Å². The van der Waals surface area contributed by atoms with E-state index in [2.05, 4.69) is 10.0 Å². The fraction of sp³-hybridized carbons (Fsp3) is 0.417. The molecule has 0 radical (unpaired) electrons. The van der Waals surface area contributed by atoms with Crippen molar-refractivity contribution in [1.29, 1.82) is 0 Å². The quantitative estimate of drug-likeness (QED) is 0.784. The number of amides is 1. The average molecular weight is 285 g/mol. The van der Waals surface area contributed by atoms with Gasteiger partial charge < -0.3 is 5.32 Å². The van der Waals surface area contributed by atoms with Crippen LogP contribution in [-0.4, -0.2) is 14.3 Å². The summed E-state index contributed by atoms with van der Waals surface area (Å²) in [6.45, 7) is 5.89. The van der Waals surface area contributed by atoms with Crippen molar-refractivity contribution in [2.45, 2.75) is 27.2 Å². The van der Waals surface area contributed by atoms with Crippen LogP contribution in [0, 0.1) is 5.41 Å². The molecule has 19 heavy (non-hydrogen) atoms. The molecule has 0 fully saturated rings. The zero-order valence-electron chi connectivity index (χ0n) is 11.2. The Balaban J connectivity index is 2.75. The van der Waals surface area contributed by atoms with Crippen LogP contribution in [0.2, 0.25) is 0 Å². The van der Waals surface area contributed by atoms with Crippen molar-refractivity contribution in [2.75, 3.05) is 10.0 Å². The van der Waals surface area contributed by atoms with Gasteiger partial charge in [0, 0.05) is 12.1 Å². The van der Waals surface area contributed by atoms with Gasteiger partial charge in [-0.15, -0.1) is 0 Å². The van der Waals surface area contributed by atoms with Crippen molar-refractivity contribution in [3.8, 4) is 0 Å². The van der Waals surface area contributed by atoms with Crippen LogP contribution in [-0.2, 0) is 15.0 Å². The van der Waals surface area contributed by atoms with Gasteiger partial charge in [0.1, 0.15) is 0 Å². The summed E-state index contributed by atoms with van der Waals surface area (Å²) in [7, 11) is -3.81. The van der Waals surface area contributed by atoms with E-state index in [1.807, 2.05) is 20.8 Å². The van der Waals surface area contributed by atoms with E-state index in [1.54, 1.807) is 18.2 Å². The molecular weight excluding hydrogens is 266 g/mol. The minimum absolute atomic E-state index is 0.111. The molecule has 1 rings (SSSR count). The van der Waals surface area contributed by atoms with Gasteiger partial charge >= 0.3 is 0 Å². The average Bonchev–Trinajstić information content (AvgIpc) is 2.11. The Morgan fingerprint density at radius 2 is 1.84 bits per heavy atom. The van der Waals surface area contributed by atoms with Crippen molar-refractivity contribution in [1.82, 2.24) is 0 Å². The normalized spacial score (nSPS) is 12.0. The number of rotatable bonds is 4. The van der Waals surface area contributed by atoms with E-state index >= 15 is 0 Å². The van der Waals surface area contributed by atoms with Gasteiger partial charge in [-0.1, -0.05) is 26.8 Å². The van der Waals surface area contributed by atoms with E-state index in [9.17, 15) is 13.2 Å². The molecule has 0 unspecified atom stereocenters. The van der Waals surface area contributed by atoms with Crippen LogP contribution < -0.4 is 15.2 Å². The highest BCUT2D eigenvalue weighted by molar-refractivity contribution is 7.90. The summed E-state index contributed by atoms with van der Waals surface area (Å²) in [5.41, 5.74) is 0.708. The smallest absolute Gasteiger partial charge is 0.296 e. The Morgan fingerprint density at radius 1 is 1.26 bits per heavy atom. The number of nitrogens with one attached hydrogen (secondary N) is 2. The molecule has 1 amide bonds. The maximum absolute atomic E-state index is 11.8. The number of hydrogen-bond acceptors (Lipinski definition) is 3. The first-order valence-corrected chi connectivity index (χ1v) is 7.30. The highest BCUT2D eigenvalue weighted by Gasteiger charge is 2.16. The lowest BCUT2D eigenvalue weighted by Crippen LogP contribution is -2.22. The third-order valence-corrected chi connectivity index (χ3v) is 2.62. The molecule has 7 heteroatoms. The molecule has 0 bridgehead atoms. The van der Waals surface area contributed by atoms with E-state index in [4.69, 9.17) is 5.14 Å². The van der Waals surface area contributed by atoms with Crippen molar-refractivity contribution in [3.05, 3.63) is 24.3 Å². The maximum atomic E-state index is 11.8. The van der Waals surface area contributed by atoms with Gasteiger partial charge in [-0.05, 0) is 23.6 Å². The molecule has 0 saturated carbocycles. The van der Waals surface area contributed by atoms with E-state index in [0.29, 0.717) is 17.8 Å². The minimum atomic E-state index is -3.81. The third kappa shape index (κ3) is 6.78. The molecule has 0 aliphatic rings. The summed E-state index contributed by atoms with van der Waals surface area (Å²) >= 11 is 0. The Morgan fingerprint density at radius 3 is 2.37 bits per heavy atom. The van der Waals surface area contributed by atoms with Crippen LogP contribution in [0.4, 0.5) is 11.4 Å². The van der Waals surface area contributed by atoms with Gasteiger partial charge in [0.05, 0.1) is 5.69 Å². The van der Waals surface area contributed by atoms with Crippen molar-refractivity contribution in [3.63, 3.8) is 0 Å². The molecule has 0 aromatic heterocycles. The number of carbonyl (C=O) groups is 1. The van der Waals surface area contributed by atoms with Crippen molar-refractivity contribution >= 4 is 27.5 Å². The number of nitrogens with two attached hydrogens (primary N) is 1. The molecular formula is C12H19N3O3S. The van der Waals surface area contributed by atoms with Crippen LogP contribution >= 0.6 is 0 Å². The van der Waals surface area contributed by atoms with Gasteiger partial charge in [0.15, 0.2) is 0 Å². The summed E-state index contributed by atoms with van der Waals surface area (Å²) in [4.78, 5) is 11.8. The number of benzene rings is 1. The van der Waals surface area contributed by atoms with Crippen LogP contribution in [0.25, 0.3) is 0 Å². The van der Waals surface area contributed by atoms with Crippen LogP contribution in [0.15, 0.2) is 24.3 Å². The van der Waals surface area contributed by atoms with Gasteiger partial charge in [-0.3, -0.25) is 9.52 Å². The Kier molecular flexibility index (Phi) is 4.54. The fourth-order valence-electron chi connectivity index (χ4n) is 1.51. The SMILES string of the molecule is CC(C)(C)CC(=O)Nc1cccc(NS(N)(=O)=O)c1. The van der Waals surface area contributed by atoms with Crippen LogP contribution in [0.3, 0.4) is 0 Å². The Labute approximate surface area is 113 Å². The predicted octanol–water partition coefficient (Wildman–Crippen LogP) is 1.68. The van der Waals surface area contributed by atoms with E-state index in [-0.39, 0.29) is 11.3 Å². The van der Waals surface area contributed by atoms with E-state index in [1.165, 1.54) is 6.07 Å². The molecule has 0 spiro atoms. The molecule has 6 nitrogen and oxygen atoms in total. The summed E-state index contributed by atoms with van der Waals surface area (Å²) in [5.74, 6) is -0.125. The first-order chi connectivity index (χ1) is 8.55. The molecule has 0 atom stereocenters. The molecule has 0 aliphatic heterocycles. The number of hydrogen-bond donors (Lipinski definition) is 3. The largest absolute Gasteiger partial charge is 0.326 e. The number of anilines is 2. The molecule has 1 aromatic carbocycles. The second-order valence-electron chi connectivity index (χ2n) is 5.51. The summed E-state index contributed by atoms with van der Waals surface area (Å²) < 4.78 is 23.9. The fourth-order valence-corrected chi connectivity index (χ4v) is 1.97. The molecule has 4 N–H and O–H groups in total. The van der Waals surface area contributed by atoms with Gasteiger partial charge in [-0.25, -0.2) is 5.14 Å². The lowest BCUT2D eigenvalue weighted by molar-refractivity contribution is -0.117. The van der Waals surface area contributed by atoms with Crippen molar-refractivity contribution in [2.24, 2.45) is 10.6 Å². The minimum Gasteiger partial charge on any atom is -0.326 e. The molecule has 0 saturated heterocycles. The van der Waals surface area contributed by atoms with E-state index < -0.39 is 10.2 Å². The zero-order chi connectivity index (χ0) is 14.7. The highest BCUT2D eigenvalue weighted by Crippen LogP contribution is 2.21. The Hall–Kier alpha value is -1.60. The van der Waals surface area contributed by atoms with Gasteiger partial charge in [0.2, 0.25) is 5.91 Å². The first-order valence-electron chi connectivity index (χ1n) is 5.76. The summed E-state index contributed by atoms with van der Waals surface area (Å²) in [6, 6.07) is 6.35. The summed E-state index contributed by atoms with van der Waals surface area (Å²) in [5, 5.41) is 7.59. The monoisotopic (exact) mass is 285 g/mol. The topological polar surface area (TPSA) is 101 Å². The highest BCUT2D eigenvalue weighted by atomic mass is 32.2. The standard InChI is InChI=1S/C12H19N3O3S/c1-12(2,3)8-11(16)14-9-5-4-6-10(7-9)15-19(13,17)18/h4-7,15H,8H2,1-3H3,(H,14,16)(H2,13,17,18). The molecule has 0 aliphatic carbocycles. The van der Waals surface area contributed by atoms with Crippen molar-refractivity contribution < 1.29 is 13.2 Å². The lowest BCUT2D eigenvalue weighted by Gasteiger charge is -2.17. The number of carbonyl (C=O) groups excluding carboxylic acids is 1. The lowest BCUT2D eigenvalue weighted by atomic mass is 9.92. The molecule has 106 valence electrons. The molecule has 0 heterocycles. The van der Waals surface area contributed by atoms with E-state index in [0.717, 1.165) is 0 Å². The second-order valence-corrected chi connectivity index (χ2v) is 6.81. The van der Waals surface area contributed by atoms with Crippen LogP contribution in [0.1, 0.15) is 27.2 Å². The van der Waals surface area contributed by atoms with Gasteiger partial charge in [0.25, 0.3) is 10.2 Å². The Bertz CT molecular complexity index is 562. The second kappa shape index (κ2) is 5.58.